The Morgan fingerprint density at radius 3 is 2.93 bits per heavy atom. The summed E-state index contributed by atoms with van der Waals surface area (Å²) < 4.78 is 0.933. The monoisotopic (exact) mass is 224 g/mol. The molecule has 0 aliphatic heterocycles. The molecule has 0 atom stereocenters. The minimum absolute atomic E-state index is 0.0557. The Balaban J connectivity index is 2.82. The van der Waals surface area contributed by atoms with Crippen molar-refractivity contribution >= 4 is 40.3 Å². The van der Waals surface area contributed by atoms with E-state index >= 15 is 0 Å². The molecule has 2 nitrogen and oxygen atoms in total. The third kappa shape index (κ3) is 1.45. The van der Waals surface area contributed by atoms with Crippen LogP contribution in [-0.2, 0) is 6.61 Å². The summed E-state index contributed by atoms with van der Waals surface area (Å²) in [6.07, 6.45) is 0.811. The Kier molecular flexibility index (Phi) is 2.58. The van der Waals surface area contributed by atoms with Gasteiger partial charge in [0.1, 0.15) is 0 Å². The summed E-state index contributed by atoms with van der Waals surface area (Å²) in [6.45, 7) is -0.0557. The lowest BCUT2D eigenvalue weighted by atomic mass is 10.1. The second-order valence-corrected chi connectivity index (χ2v) is 4.32. The van der Waals surface area contributed by atoms with Crippen molar-refractivity contribution in [1.29, 1.82) is 0 Å². The number of thiophene rings is 1. The molecule has 0 unspecified atom stereocenters. The molecule has 0 radical (unpaired) electrons. The molecule has 1 aromatic heterocycles. The first kappa shape index (κ1) is 9.71. The summed E-state index contributed by atoms with van der Waals surface area (Å²) in [5.41, 5.74) is 1.37. The Morgan fingerprint density at radius 2 is 2.29 bits per heavy atom. The Bertz CT molecular complexity index is 488. The van der Waals surface area contributed by atoms with Gasteiger partial charge in [-0.15, -0.1) is 24.0 Å². The van der Waals surface area contributed by atoms with Crippen LogP contribution in [0.15, 0.2) is 22.4 Å². The van der Waals surface area contributed by atoms with Crippen LogP contribution < -0.4 is 0 Å². The van der Waals surface area contributed by atoms with Crippen molar-refractivity contribution in [2.24, 2.45) is 0 Å². The van der Waals surface area contributed by atoms with Crippen molar-refractivity contribution in [2.45, 2.75) is 11.5 Å². The fourth-order valence-electron chi connectivity index (χ4n) is 1.39. The normalized spacial score (nSPS) is 10.7. The predicted molar refractivity (Wildman–Crippen MR) is 60.4 cm³/mol. The molecule has 0 fully saturated rings. The predicted octanol–water partition coefficient (Wildman–Crippen LogP) is 2.49. The number of rotatable bonds is 2. The second kappa shape index (κ2) is 3.73. The van der Waals surface area contributed by atoms with Gasteiger partial charge in [0.05, 0.1) is 6.61 Å². The molecular weight excluding hydrogens is 216 g/mol. The first-order chi connectivity index (χ1) is 6.76. The smallest absolute Gasteiger partial charge is 0.151 e. The molecule has 1 heterocycles. The number of hydrogen-bond acceptors (Lipinski definition) is 4. The summed E-state index contributed by atoms with van der Waals surface area (Å²) in [6, 6.07) is 3.57. The number of aldehydes is 1. The van der Waals surface area contributed by atoms with Gasteiger partial charge >= 0.3 is 0 Å². The van der Waals surface area contributed by atoms with Gasteiger partial charge in [-0.05, 0) is 17.7 Å². The largest absolute Gasteiger partial charge is 0.392 e. The van der Waals surface area contributed by atoms with E-state index in [0.29, 0.717) is 5.56 Å². The molecule has 0 saturated carbocycles. The van der Waals surface area contributed by atoms with Crippen LogP contribution >= 0.6 is 24.0 Å². The third-order valence-corrected chi connectivity index (χ3v) is 3.64. The van der Waals surface area contributed by atoms with E-state index in [9.17, 15) is 4.79 Å². The molecule has 4 heteroatoms. The minimum atomic E-state index is -0.0557. The first-order valence-corrected chi connectivity index (χ1v) is 5.38. The number of benzene rings is 1. The van der Waals surface area contributed by atoms with Gasteiger partial charge in [0.15, 0.2) is 6.29 Å². The third-order valence-electron chi connectivity index (χ3n) is 2.05. The van der Waals surface area contributed by atoms with Gasteiger partial charge in [0.25, 0.3) is 0 Å². The van der Waals surface area contributed by atoms with Gasteiger partial charge < -0.3 is 5.11 Å². The van der Waals surface area contributed by atoms with E-state index < -0.39 is 0 Å². The van der Waals surface area contributed by atoms with E-state index in [1.165, 1.54) is 11.3 Å². The number of fused-ring (bicyclic) bond motifs is 1. The maximum atomic E-state index is 10.8. The summed E-state index contributed by atoms with van der Waals surface area (Å²) in [7, 11) is 0. The summed E-state index contributed by atoms with van der Waals surface area (Å²) >= 11 is 5.78. The van der Waals surface area contributed by atoms with Crippen LogP contribution in [0.1, 0.15) is 15.9 Å². The molecule has 0 aliphatic rings. The zero-order valence-corrected chi connectivity index (χ0v) is 8.94. The lowest BCUT2D eigenvalue weighted by molar-refractivity contribution is 0.112. The van der Waals surface area contributed by atoms with Crippen LogP contribution in [0.4, 0.5) is 0 Å². The van der Waals surface area contributed by atoms with Gasteiger partial charge in [0.2, 0.25) is 0 Å². The molecule has 0 aliphatic carbocycles. The van der Waals surface area contributed by atoms with E-state index in [1.807, 2.05) is 11.4 Å². The standard InChI is InChI=1S/C10H8O2S2/c11-3-6-1-7(4-12)10-8(2-6)9(13)5-14-10/h1-2,4-5,11,13H,3H2. The van der Waals surface area contributed by atoms with E-state index in [2.05, 4.69) is 12.6 Å². The van der Waals surface area contributed by atoms with Crippen molar-refractivity contribution < 1.29 is 9.90 Å². The maximum absolute atomic E-state index is 10.8. The topological polar surface area (TPSA) is 37.3 Å². The molecule has 0 bridgehead atoms. The maximum Gasteiger partial charge on any atom is 0.151 e. The summed E-state index contributed by atoms with van der Waals surface area (Å²) in [5, 5.41) is 11.8. The highest BCUT2D eigenvalue weighted by molar-refractivity contribution is 7.80. The SMILES string of the molecule is O=Cc1cc(CO)cc2c(S)csc12. The number of carbonyl (C=O) groups excluding carboxylic acids is 1. The van der Waals surface area contributed by atoms with Crippen molar-refractivity contribution in [3.8, 4) is 0 Å². The average Bonchev–Trinajstić information content (AvgIpc) is 2.59. The van der Waals surface area contributed by atoms with Crippen LogP contribution in [-0.4, -0.2) is 11.4 Å². The van der Waals surface area contributed by atoms with Crippen LogP contribution in [0, 0.1) is 0 Å². The zero-order chi connectivity index (χ0) is 10.1. The molecule has 72 valence electrons. The van der Waals surface area contributed by atoms with Crippen LogP contribution in [0.25, 0.3) is 10.1 Å². The lowest BCUT2D eigenvalue weighted by Crippen LogP contribution is -1.87. The number of aliphatic hydroxyl groups excluding tert-OH is 1. The van der Waals surface area contributed by atoms with Gasteiger partial charge in [-0.2, -0.15) is 0 Å². The van der Waals surface area contributed by atoms with Gasteiger partial charge in [-0.1, -0.05) is 0 Å². The molecule has 0 spiro atoms. The van der Waals surface area contributed by atoms with E-state index in [4.69, 9.17) is 5.11 Å². The quantitative estimate of drug-likeness (QED) is 0.607. The number of carbonyl (C=O) groups is 1. The minimum Gasteiger partial charge on any atom is -0.392 e. The van der Waals surface area contributed by atoms with Crippen molar-refractivity contribution in [2.75, 3.05) is 0 Å². The fourth-order valence-corrected chi connectivity index (χ4v) is 2.70. The molecule has 0 amide bonds. The van der Waals surface area contributed by atoms with Gasteiger partial charge in [-0.25, -0.2) is 0 Å². The number of thiol groups is 1. The zero-order valence-electron chi connectivity index (χ0n) is 7.23. The molecule has 14 heavy (non-hydrogen) atoms. The summed E-state index contributed by atoms with van der Waals surface area (Å²) in [4.78, 5) is 11.6. The molecule has 1 aromatic carbocycles. The lowest BCUT2D eigenvalue weighted by Gasteiger charge is -2.00. The Labute approximate surface area is 90.6 Å². The summed E-state index contributed by atoms with van der Waals surface area (Å²) in [5.74, 6) is 0. The Hall–Kier alpha value is -0.840. The highest BCUT2D eigenvalue weighted by Crippen LogP contribution is 2.31. The highest BCUT2D eigenvalue weighted by atomic mass is 32.1. The fraction of sp³-hybridized carbons (Fsp3) is 0.100. The van der Waals surface area contributed by atoms with E-state index in [-0.39, 0.29) is 6.61 Å². The molecule has 2 rings (SSSR count). The molecular formula is C10H8O2S2. The average molecular weight is 224 g/mol. The van der Waals surface area contributed by atoms with Crippen molar-refractivity contribution in [3.63, 3.8) is 0 Å². The second-order valence-electron chi connectivity index (χ2n) is 2.96. The highest BCUT2D eigenvalue weighted by Gasteiger charge is 2.07. The number of hydrogen-bond donors (Lipinski definition) is 2. The molecule has 0 saturated heterocycles. The first-order valence-electron chi connectivity index (χ1n) is 4.05. The van der Waals surface area contributed by atoms with E-state index in [0.717, 1.165) is 26.8 Å². The Morgan fingerprint density at radius 1 is 1.50 bits per heavy atom. The van der Waals surface area contributed by atoms with Crippen LogP contribution in [0.5, 0.6) is 0 Å². The van der Waals surface area contributed by atoms with Gasteiger partial charge in [-0.3, -0.25) is 4.79 Å². The molecule has 1 N–H and O–H groups in total. The van der Waals surface area contributed by atoms with Gasteiger partial charge in [0, 0.05) is 25.9 Å². The van der Waals surface area contributed by atoms with Crippen molar-refractivity contribution in [1.82, 2.24) is 0 Å². The number of aliphatic hydroxyl groups is 1. The van der Waals surface area contributed by atoms with Crippen LogP contribution in [0.2, 0.25) is 0 Å². The molecule has 2 aromatic rings. The van der Waals surface area contributed by atoms with Crippen LogP contribution in [0.3, 0.4) is 0 Å². The van der Waals surface area contributed by atoms with Crippen molar-refractivity contribution in [3.05, 3.63) is 28.6 Å². The van der Waals surface area contributed by atoms with E-state index in [1.54, 1.807) is 6.07 Å².